The second kappa shape index (κ2) is 8.14. The summed E-state index contributed by atoms with van der Waals surface area (Å²) in [7, 11) is 0. The number of nitrogens with zero attached hydrogens (tertiary/aromatic N) is 1. The van der Waals surface area contributed by atoms with Crippen LogP contribution in [0.1, 0.15) is 27.2 Å². The van der Waals surface area contributed by atoms with Crippen LogP contribution in [0.2, 0.25) is 0 Å². The second-order valence-corrected chi connectivity index (χ2v) is 4.62. The zero-order chi connectivity index (χ0) is 15.8. The molecule has 0 bridgehead atoms. The molecule has 2 N–H and O–H groups in total. The number of hydrogen-bond donors (Lipinski definition) is 2. The Morgan fingerprint density at radius 1 is 1.29 bits per heavy atom. The lowest BCUT2D eigenvalue weighted by Crippen LogP contribution is -2.42. The molecule has 0 fully saturated rings. The lowest BCUT2D eigenvalue weighted by molar-refractivity contribution is -0.137. The van der Waals surface area contributed by atoms with Crippen molar-refractivity contribution in [3.63, 3.8) is 0 Å². The minimum atomic E-state index is -0.921. The quantitative estimate of drug-likeness (QED) is 0.810. The number of carbonyl (C=O) groups is 2. The summed E-state index contributed by atoms with van der Waals surface area (Å²) in [5.41, 5.74) is 0.643. The first-order chi connectivity index (χ1) is 9.97. The number of carboxylic acid groups (broad SMARTS) is 1. The standard InChI is InChI=1S/C15H22N2O4/c1-4-17(11(3)10-14(18)19)15(20)16-12-6-8-13(9-7-12)21-5-2/h6-9,11H,4-5,10H2,1-3H3,(H,16,20)(H,18,19). The van der Waals surface area contributed by atoms with Gasteiger partial charge in [0.05, 0.1) is 13.0 Å². The second-order valence-electron chi connectivity index (χ2n) is 4.62. The van der Waals surface area contributed by atoms with E-state index in [4.69, 9.17) is 9.84 Å². The number of amides is 2. The molecule has 0 radical (unpaired) electrons. The fraction of sp³-hybridized carbons (Fsp3) is 0.467. The minimum Gasteiger partial charge on any atom is -0.494 e. The summed E-state index contributed by atoms with van der Waals surface area (Å²) in [6.07, 6.45) is -0.0788. The summed E-state index contributed by atoms with van der Waals surface area (Å²) < 4.78 is 5.33. The van der Waals surface area contributed by atoms with Crippen molar-refractivity contribution in [2.75, 3.05) is 18.5 Å². The molecule has 1 atom stereocenters. The number of anilines is 1. The van der Waals surface area contributed by atoms with Gasteiger partial charge in [-0.2, -0.15) is 0 Å². The van der Waals surface area contributed by atoms with Gasteiger partial charge >= 0.3 is 12.0 Å². The summed E-state index contributed by atoms with van der Waals surface area (Å²) in [5.74, 6) is -0.183. The van der Waals surface area contributed by atoms with Gasteiger partial charge < -0.3 is 20.1 Å². The van der Waals surface area contributed by atoms with Crippen LogP contribution in [0.3, 0.4) is 0 Å². The molecule has 21 heavy (non-hydrogen) atoms. The highest BCUT2D eigenvalue weighted by Crippen LogP contribution is 2.16. The number of urea groups is 1. The van der Waals surface area contributed by atoms with Gasteiger partial charge in [0.1, 0.15) is 5.75 Å². The van der Waals surface area contributed by atoms with Gasteiger partial charge in [-0.25, -0.2) is 4.79 Å². The molecule has 0 saturated carbocycles. The number of benzene rings is 1. The average molecular weight is 294 g/mol. The molecule has 0 saturated heterocycles. The lowest BCUT2D eigenvalue weighted by Gasteiger charge is -2.27. The third-order valence-electron chi connectivity index (χ3n) is 3.02. The van der Waals surface area contributed by atoms with Gasteiger partial charge in [0.15, 0.2) is 0 Å². The first-order valence-electron chi connectivity index (χ1n) is 7.00. The lowest BCUT2D eigenvalue weighted by atomic mass is 10.2. The predicted octanol–water partition coefficient (Wildman–Crippen LogP) is 2.80. The van der Waals surface area contributed by atoms with Gasteiger partial charge in [0, 0.05) is 18.3 Å². The number of rotatable bonds is 7. The zero-order valence-electron chi connectivity index (χ0n) is 12.6. The van der Waals surface area contributed by atoms with Gasteiger partial charge in [-0.15, -0.1) is 0 Å². The normalized spacial score (nSPS) is 11.6. The van der Waals surface area contributed by atoms with Crippen molar-refractivity contribution in [2.24, 2.45) is 0 Å². The van der Waals surface area contributed by atoms with E-state index in [2.05, 4.69) is 5.32 Å². The molecule has 0 heterocycles. The maximum Gasteiger partial charge on any atom is 0.322 e. The molecule has 0 aliphatic carbocycles. The van der Waals surface area contributed by atoms with Crippen LogP contribution in [0.25, 0.3) is 0 Å². The van der Waals surface area contributed by atoms with Crippen molar-refractivity contribution in [2.45, 2.75) is 33.2 Å². The van der Waals surface area contributed by atoms with E-state index in [1.54, 1.807) is 31.2 Å². The van der Waals surface area contributed by atoms with Gasteiger partial charge in [0.2, 0.25) is 0 Å². The zero-order valence-corrected chi connectivity index (χ0v) is 12.6. The Hall–Kier alpha value is -2.24. The maximum absolute atomic E-state index is 12.2. The number of carbonyl (C=O) groups excluding carboxylic acids is 1. The largest absolute Gasteiger partial charge is 0.494 e. The first-order valence-corrected chi connectivity index (χ1v) is 7.00. The van der Waals surface area contributed by atoms with Gasteiger partial charge in [-0.3, -0.25) is 4.79 Å². The third-order valence-corrected chi connectivity index (χ3v) is 3.02. The Bertz CT molecular complexity index is 473. The SMILES string of the molecule is CCOc1ccc(NC(=O)N(CC)C(C)CC(=O)O)cc1. The van der Waals surface area contributed by atoms with Crippen LogP contribution in [-0.4, -0.2) is 41.2 Å². The Balaban J connectivity index is 2.66. The molecule has 1 aromatic rings. The summed E-state index contributed by atoms with van der Waals surface area (Å²) >= 11 is 0. The fourth-order valence-corrected chi connectivity index (χ4v) is 2.01. The highest BCUT2D eigenvalue weighted by atomic mass is 16.5. The average Bonchev–Trinajstić information content (AvgIpc) is 2.41. The monoisotopic (exact) mass is 294 g/mol. The molecule has 116 valence electrons. The molecule has 1 unspecified atom stereocenters. The predicted molar refractivity (Wildman–Crippen MR) is 80.7 cm³/mol. The maximum atomic E-state index is 12.2. The van der Waals surface area contributed by atoms with Crippen LogP contribution >= 0.6 is 0 Å². The molecular formula is C15H22N2O4. The van der Waals surface area contributed by atoms with Crippen molar-refractivity contribution in [1.29, 1.82) is 0 Å². The third kappa shape index (κ3) is 5.33. The molecular weight excluding hydrogens is 272 g/mol. The van der Waals surface area contributed by atoms with Gasteiger partial charge in [0.25, 0.3) is 0 Å². The summed E-state index contributed by atoms with van der Waals surface area (Å²) in [6, 6.07) is 6.37. The van der Waals surface area contributed by atoms with Gasteiger partial charge in [-0.1, -0.05) is 0 Å². The van der Waals surface area contributed by atoms with Crippen LogP contribution in [0.5, 0.6) is 5.75 Å². The minimum absolute atomic E-state index is 0.0788. The molecule has 6 nitrogen and oxygen atoms in total. The topological polar surface area (TPSA) is 78.9 Å². The summed E-state index contributed by atoms with van der Waals surface area (Å²) in [5, 5.41) is 11.6. The summed E-state index contributed by atoms with van der Waals surface area (Å²) in [6.45, 7) is 6.46. The van der Waals surface area contributed by atoms with E-state index < -0.39 is 5.97 Å². The number of carboxylic acids is 1. The molecule has 2 amide bonds. The molecule has 0 aliphatic rings. The van der Waals surface area contributed by atoms with E-state index in [-0.39, 0.29) is 18.5 Å². The Labute approximate surface area is 124 Å². The Kier molecular flexibility index (Phi) is 6.52. The van der Waals surface area contributed by atoms with Crippen molar-refractivity contribution in [3.8, 4) is 5.75 Å². The smallest absolute Gasteiger partial charge is 0.322 e. The van der Waals surface area contributed by atoms with Crippen LogP contribution in [-0.2, 0) is 4.79 Å². The molecule has 0 aliphatic heterocycles. The molecule has 0 aromatic heterocycles. The van der Waals surface area contributed by atoms with Crippen LogP contribution in [0.4, 0.5) is 10.5 Å². The number of hydrogen-bond acceptors (Lipinski definition) is 3. The molecule has 1 aromatic carbocycles. The van der Waals surface area contributed by atoms with Crippen LogP contribution in [0.15, 0.2) is 24.3 Å². The van der Waals surface area contributed by atoms with E-state index in [9.17, 15) is 9.59 Å². The highest BCUT2D eigenvalue weighted by molar-refractivity contribution is 5.89. The van der Waals surface area contributed by atoms with E-state index in [1.165, 1.54) is 4.90 Å². The number of nitrogens with one attached hydrogen (secondary N) is 1. The van der Waals surface area contributed by atoms with Gasteiger partial charge in [-0.05, 0) is 45.0 Å². The molecule has 0 spiro atoms. The van der Waals surface area contributed by atoms with Crippen LogP contribution < -0.4 is 10.1 Å². The summed E-state index contributed by atoms with van der Waals surface area (Å²) in [4.78, 5) is 24.4. The van der Waals surface area contributed by atoms with Crippen LogP contribution in [0, 0.1) is 0 Å². The van der Waals surface area contributed by atoms with Crippen molar-refractivity contribution >= 4 is 17.7 Å². The number of aliphatic carboxylic acids is 1. The van der Waals surface area contributed by atoms with Crippen molar-refractivity contribution < 1.29 is 19.4 Å². The molecule has 1 rings (SSSR count). The van der Waals surface area contributed by atoms with Crippen molar-refractivity contribution in [3.05, 3.63) is 24.3 Å². The highest BCUT2D eigenvalue weighted by Gasteiger charge is 2.20. The fourth-order valence-electron chi connectivity index (χ4n) is 2.01. The molecule has 6 heteroatoms. The first kappa shape index (κ1) is 16.8. The van der Waals surface area contributed by atoms with E-state index >= 15 is 0 Å². The van der Waals surface area contributed by atoms with E-state index in [0.717, 1.165) is 5.75 Å². The Morgan fingerprint density at radius 2 is 1.90 bits per heavy atom. The number of ether oxygens (including phenoxy) is 1. The van der Waals surface area contributed by atoms with Crippen molar-refractivity contribution in [1.82, 2.24) is 4.90 Å². The van der Waals surface area contributed by atoms with E-state index in [1.807, 2.05) is 13.8 Å². The van der Waals surface area contributed by atoms with E-state index in [0.29, 0.717) is 18.8 Å². The Morgan fingerprint density at radius 3 is 2.38 bits per heavy atom.